The number of hydrogen-bond acceptors (Lipinski definition) is 3. The van der Waals surface area contributed by atoms with Crippen LogP contribution >= 0.6 is 0 Å². The van der Waals surface area contributed by atoms with E-state index in [0.29, 0.717) is 19.6 Å². The Morgan fingerprint density at radius 2 is 2.10 bits per heavy atom. The zero-order valence-electron chi connectivity index (χ0n) is 12.0. The quantitative estimate of drug-likeness (QED) is 0.864. The second-order valence-electron chi connectivity index (χ2n) is 4.91. The molecular formula is C15H22N2O3. The van der Waals surface area contributed by atoms with Gasteiger partial charge in [-0.25, -0.2) is 4.79 Å². The third-order valence-corrected chi connectivity index (χ3v) is 3.45. The average Bonchev–Trinajstić information content (AvgIpc) is 2.44. The summed E-state index contributed by atoms with van der Waals surface area (Å²) in [7, 11) is 1.66. The number of methoxy groups -OCH3 is 1. The number of ether oxygens (including phenoxy) is 2. The highest BCUT2D eigenvalue weighted by Gasteiger charge is 2.32. The number of likely N-dealkylation sites (tertiary alicyclic amines) is 1. The first kappa shape index (κ1) is 14.7. The second-order valence-corrected chi connectivity index (χ2v) is 4.91. The molecular weight excluding hydrogens is 256 g/mol. The van der Waals surface area contributed by atoms with E-state index < -0.39 is 0 Å². The molecule has 1 aliphatic rings. The molecule has 2 amide bonds. The monoisotopic (exact) mass is 278 g/mol. The minimum atomic E-state index is -0.0478. The molecule has 1 unspecified atom stereocenters. The number of hydrogen-bond donors (Lipinski definition) is 1. The first-order chi connectivity index (χ1) is 9.72. The van der Waals surface area contributed by atoms with Crippen molar-refractivity contribution < 1.29 is 14.3 Å². The highest BCUT2D eigenvalue weighted by Crippen LogP contribution is 2.17. The smallest absolute Gasteiger partial charge is 0.317 e. The fourth-order valence-corrected chi connectivity index (χ4v) is 2.08. The van der Waals surface area contributed by atoms with Gasteiger partial charge in [0, 0.05) is 13.7 Å². The molecule has 1 fully saturated rings. The molecule has 2 rings (SSSR count). The van der Waals surface area contributed by atoms with Crippen LogP contribution in [0, 0.1) is 0 Å². The van der Waals surface area contributed by atoms with Gasteiger partial charge in [-0.15, -0.1) is 0 Å². The van der Waals surface area contributed by atoms with Crippen molar-refractivity contribution in [2.75, 3.05) is 26.7 Å². The number of carbonyl (C=O) groups excluding carboxylic acids is 1. The molecule has 1 atom stereocenters. The van der Waals surface area contributed by atoms with Crippen molar-refractivity contribution in [2.45, 2.75) is 25.6 Å². The lowest BCUT2D eigenvalue weighted by Crippen LogP contribution is -2.59. The Labute approximate surface area is 119 Å². The number of urea groups is 1. The maximum absolute atomic E-state index is 11.9. The zero-order chi connectivity index (χ0) is 14.4. The van der Waals surface area contributed by atoms with Gasteiger partial charge >= 0.3 is 6.03 Å². The number of amides is 2. The van der Waals surface area contributed by atoms with Gasteiger partial charge in [0.15, 0.2) is 0 Å². The van der Waals surface area contributed by atoms with Crippen LogP contribution in [0.25, 0.3) is 0 Å². The van der Waals surface area contributed by atoms with Crippen molar-refractivity contribution in [3.63, 3.8) is 0 Å². The van der Waals surface area contributed by atoms with Crippen LogP contribution in [0.15, 0.2) is 30.3 Å². The van der Waals surface area contributed by atoms with Crippen LogP contribution < -0.4 is 10.1 Å². The SMILES string of the molecule is CCC(CNC(=O)N1CC(Oc2ccccc2)C1)OC. The molecule has 1 aromatic rings. The summed E-state index contributed by atoms with van der Waals surface area (Å²) in [5.41, 5.74) is 0. The van der Waals surface area contributed by atoms with E-state index in [1.807, 2.05) is 37.3 Å². The number of nitrogens with zero attached hydrogens (tertiary/aromatic N) is 1. The van der Waals surface area contributed by atoms with E-state index in [2.05, 4.69) is 5.32 Å². The van der Waals surface area contributed by atoms with Crippen molar-refractivity contribution >= 4 is 6.03 Å². The topological polar surface area (TPSA) is 50.8 Å². The lowest BCUT2D eigenvalue weighted by Gasteiger charge is -2.39. The summed E-state index contributed by atoms with van der Waals surface area (Å²) in [6.07, 6.45) is 1.06. The summed E-state index contributed by atoms with van der Waals surface area (Å²) < 4.78 is 11.0. The van der Waals surface area contributed by atoms with Gasteiger partial charge < -0.3 is 19.7 Å². The standard InChI is InChI=1S/C15H22N2O3/c1-3-12(19-2)9-16-15(18)17-10-14(11-17)20-13-7-5-4-6-8-13/h4-8,12,14H,3,9-11H2,1-2H3,(H,16,18). The molecule has 1 saturated heterocycles. The summed E-state index contributed by atoms with van der Waals surface area (Å²) in [6.45, 7) is 3.84. The minimum absolute atomic E-state index is 0.0478. The van der Waals surface area contributed by atoms with Crippen molar-refractivity contribution in [3.8, 4) is 5.75 Å². The Morgan fingerprint density at radius 1 is 1.40 bits per heavy atom. The number of rotatable bonds is 6. The molecule has 1 heterocycles. The van der Waals surface area contributed by atoms with E-state index in [-0.39, 0.29) is 18.2 Å². The van der Waals surface area contributed by atoms with E-state index in [4.69, 9.17) is 9.47 Å². The zero-order valence-corrected chi connectivity index (χ0v) is 12.0. The molecule has 5 nitrogen and oxygen atoms in total. The minimum Gasteiger partial charge on any atom is -0.487 e. The largest absolute Gasteiger partial charge is 0.487 e. The van der Waals surface area contributed by atoms with Crippen molar-refractivity contribution in [3.05, 3.63) is 30.3 Å². The molecule has 20 heavy (non-hydrogen) atoms. The molecule has 0 spiro atoms. The second kappa shape index (κ2) is 7.14. The summed E-state index contributed by atoms with van der Waals surface area (Å²) >= 11 is 0. The molecule has 110 valence electrons. The molecule has 5 heteroatoms. The van der Waals surface area contributed by atoms with E-state index in [1.54, 1.807) is 12.0 Å². The highest BCUT2D eigenvalue weighted by atomic mass is 16.5. The number of para-hydroxylation sites is 1. The van der Waals surface area contributed by atoms with Gasteiger partial charge in [-0.3, -0.25) is 0 Å². The predicted octanol–water partition coefficient (Wildman–Crippen LogP) is 1.88. The van der Waals surface area contributed by atoms with E-state index in [0.717, 1.165) is 12.2 Å². The summed E-state index contributed by atoms with van der Waals surface area (Å²) in [5.74, 6) is 0.850. The van der Waals surface area contributed by atoms with Crippen LogP contribution in [0.4, 0.5) is 4.79 Å². The Morgan fingerprint density at radius 3 is 2.70 bits per heavy atom. The van der Waals surface area contributed by atoms with Crippen LogP contribution in [0.1, 0.15) is 13.3 Å². The third kappa shape index (κ3) is 3.87. The van der Waals surface area contributed by atoms with E-state index in [1.165, 1.54) is 0 Å². The van der Waals surface area contributed by atoms with Crippen LogP contribution in [0.5, 0.6) is 5.75 Å². The Balaban J connectivity index is 1.67. The highest BCUT2D eigenvalue weighted by molar-refractivity contribution is 5.75. The molecule has 0 radical (unpaired) electrons. The maximum atomic E-state index is 11.9. The summed E-state index contributed by atoms with van der Waals surface area (Å²) in [4.78, 5) is 13.6. The molecule has 0 bridgehead atoms. The van der Waals surface area contributed by atoms with Crippen molar-refractivity contribution in [1.82, 2.24) is 10.2 Å². The van der Waals surface area contributed by atoms with Crippen molar-refractivity contribution in [1.29, 1.82) is 0 Å². The first-order valence-corrected chi connectivity index (χ1v) is 7.00. The Kier molecular flexibility index (Phi) is 5.24. The van der Waals surface area contributed by atoms with Crippen LogP contribution in [0.3, 0.4) is 0 Å². The Bertz CT molecular complexity index is 414. The van der Waals surface area contributed by atoms with Crippen LogP contribution in [-0.4, -0.2) is 49.9 Å². The molecule has 1 aliphatic heterocycles. The number of benzene rings is 1. The lowest BCUT2D eigenvalue weighted by atomic mass is 10.2. The average molecular weight is 278 g/mol. The molecule has 0 aromatic heterocycles. The van der Waals surface area contributed by atoms with Gasteiger partial charge in [-0.2, -0.15) is 0 Å². The lowest BCUT2D eigenvalue weighted by molar-refractivity contribution is 0.0414. The fraction of sp³-hybridized carbons (Fsp3) is 0.533. The van der Waals surface area contributed by atoms with Gasteiger partial charge in [0.2, 0.25) is 0 Å². The van der Waals surface area contributed by atoms with Gasteiger partial charge in [0.25, 0.3) is 0 Å². The molecule has 0 aliphatic carbocycles. The van der Waals surface area contributed by atoms with Gasteiger partial charge in [-0.05, 0) is 18.6 Å². The maximum Gasteiger partial charge on any atom is 0.317 e. The first-order valence-electron chi connectivity index (χ1n) is 7.00. The Hall–Kier alpha value is -1.75. The van der Waals surface area contributed by atoms with E-state index >= 15 is 0 Å². The van der Waals surface area contributed by atoms with Gasteiger partial charge in [-0.1, -0.05) is 25.1 Å². The van der Waals surface area contributed by atoms with E-state index in [9.17, 15) is 4.79 Å². The predicted molar refractivity (Wildman–Crippen MR) is 76.9 cm³/mol. The van der Waals surface area contributed by atoms with Crippen molar-refractivity contribution in [2.24, 2.45) is 0 Å². The van der Waals surface area contributed by atoms with Crippen LogP contribution in [-0.2, 0) is 4.74 Å². The third-order valence-electron chi connectivity index (χ3n) is 3.45. The van der Waals surface area contributed by atoms with Gasteiger partial charge in [0.05, 0.1) is 19.2 Å². The normalized spacial score (nSPS) is 16.4. The fourth-order valence-electron chi connectivity index (χ4n) is 2.08. The number of nitrogens with one attached hydrogen (secondary N) is 1. The molecule has 0 saturated carbocycles. The summed E-state index contributed by atoms with van der Waals surface area (Å²) in [6, 6.07) is 9.63. The molecule has 1 N–H and O–H groups in total. The number of carbonyl (C=O) groups is 1. The van der Waals surface area contributed by atoms with Gasteiger partial charge in [0.1, 0.15) is 11.9 Å². The molecule has 1 aromatic carbocycles. The van der Waals surface area contributed by atoms with Crippen LogP contribution in [0.2, 0.25) is 0 Å². The summed E-state index contributed by atoms with van der Waals surface area (Å²) in [5, 5.41) is 2.88.